The van der Waals surface area contributed by atoms with Gasteiger partial charge in [0.1, 0.15) is 0 Å². The molecule has 1 aromatic heterocycles. The van der Waals surface area contributed by atoms with Crippen molar-refractivity contribution in [2.24, 2.45) is 5.92 Å². The molecule has 5 rings (SSSR count). The Labute approximate surface area is 202 Å². The van der Waals surface area contributed by atoms with Crippen molar-refractivity contribution in [1.29, 1.82) is 0 Å². The molecule has 0 bridgehead atoms. The van der Waals surface area contributed by atoms with Crippen LogP contribution in [0, 0.1) is 23.0 Å². The van der Waals surface area contributed by atoms with Gasteiger partial charge in [0.25, 0.3) is 5.69 Å². The molecule has 1 fully saturated rings. The molecule has 1 aliphatic rings. The predicted molar refractivity (Wildman–Crippen MR) is 136 cm³/mol. The van der Waals surface area contributed by atoms with Crippen LogP contribution in [0.3, 0.4) is 0 Å². The number of nitrogens with zero attached hydrogens (tertiary/aromatic N) is 4. The molecule has 176 valence electrons. The maximum absolute atomic E-state index is 12.8. The third-order valence-corrected chi connectivity index (χ3v) is 6.38. The molecule has 1 amide bonds. The van der Waals surface area contributed by atoms with E-state index in [2.05, 4.69) is 41.4 Å². The molecule has 0 saturated carbocycles. The van der Waals surface area contributed by atoms with Crippen molar-refractivity contribution in [2.75, 3.05) is 23.3 Å². The van der Waals surface area contributed by atoms with Gasteiger partial charge in [-0.1, -0.05) is 42.0 Å². The Balaban J connectivity index is 1.32. The number of hydrogen-bond acceptors (Lipinski definition) is 6. The summed E-state index contributed by atoms with van der Waals surface area (Å²) in [4.78, 5) is 35.1. The summed E-state index contributed by atoms with van der Waals surface area (Å²) in [7, 11) is 0. The number of aromatic nitrogens is 2. The van der Waals surface area contributed by atoms with Crippen molar-refractivity contribution in [3.8, 4) is 11.3 Å². The third kappa shape index (κ3) is 4.82. The molecule has 8 nitrogen and oxygen atoms in total. The number of nitro benzene ring substituents is 1. The van der Waals surface area contributed by atoms with Crippen LogP contribution in [0.1, 0.15) is 18.4 Å². The number of carbonyl (C=O) groups excluding carboxylic acids is 1. The fourth-order valence-electron chi connectivity index (χ4n) is 4.44. The maximum Gasteiger partial charge on any atom is 0.269 e. The molecule has 4 aromatic rings. The predicted octanol–water partition coefficient (Wildman–Crippen LogP) is 5.37. The van der Waals surface area contributed by atoms with Crippen LogP contribution in [0.15, 0.2) is 72.8 Å². The molecule has 3 aromatic carbocycles. The average molecular weight is 468 g/mol. The Bertz CT molecular complexity index is 1380. The van der Waals surface area contributed by atoms with E-state index in [1.165, 1.54) is 12.1 Å². The molecule has 35 heavy (non-hydrogen) atoms. The molecule has 1 N–H and O–H groups in total. The van der Waals surface area contributed by atoms with E-state index in [0.29, 0.717) is 37.6 Å². The lowest BCUT2D eigenvalue weighted by atomic mass is 9.96. The van der Waals surface area contributed by atoms with E-state index in [9.17, 15) is 14.9 Å². The Hall–Kier alpha value is -4.33. The minimum atomic E-state index is -0.458. The highest BCUT2D eigenvalue weighted by Gasteiger charge is 2.27. The monoisotopic (exact) mass is 467 g/mol. The molecule has 0 spiro atoms. The standard InChI is InChI=1S/C27H25N5O3/c1-18-7-12-24-23(17-18)25(19-5-3-2-4-6-19)30-27(29-24)31-15-13-20(14-16-31)26(33)28-21-8-10-22(11-9-21)32(34)35/h2-12,17,20H,13-16H2,1H3,(H,28,33). The molecular weight excluding hydrogens is 442 g/mol. The van der Waals surface area contributed by atoms with E-state index in [1.807, 2.05) is 24.3 Å². The van der Waals surface area contributed by atoms with Gasteiger partial charge in [-0.25, -0.2) is 9.97 Å². The zero-order chi connectivity index (χ0) is 24.4. The number of amides is 1. The summed E-state index contributed by atoms with van der Waals surface area (Å²) >= 11 is 0. The van der Waals surface area contributed by atoms with E-state index < -0.39 is 4.92 Å². The second kappa shape index (κ2) is 9.50. The number of nitrogens with one attached hydrogen (secondary N) is 1. The molecule has 1 saturated heterocycles. The highest BCUT2D eigenvalue weighted by atomic mass is 16.6. The van der Waals surface area contributed by atoms with Crippen molar-refractivity contribution < 1.29 is 9.72 Å². The zero-order valence-corrected chi connectivity index (χ0v) is 19.3. The number of hydrogen-bond donors (Lipinski definition) is 1. The number of benzene rings is 3. The maximum atomic E-state index is 12.8. The highest BCUT2D eigenvalue weighted by Crippen LogP contribution is 2.30. The number of nitro groups is 1. The van der Waals surface area contributed by atoms with Crippen LogP contribution in [-0.2, 0) is 4.79 Å². The molecule has 1 aliphatic heterocycles. The lowest BCUT2D eigenvalue weighted by molar-refractivity contribution is -0.384. The summed E-state index contributed by atoms with van der Waals surface area (Å²) in [5.74, 6) is 0.464. The summed E-state index contributed by atoms with van der Waals surface area (Å²) in [5.41, 5.74) is 4.57. The van der Waals surface area contributed by atoms with Crippen LogP contribution >= 0.6 is 0 Å². The van der Waals surface area contributed by atoms with Crippen LogP contribution < -0.4 is 10.2 Å². The minimum absolute atomic E-state index is 0.00303. The smallest absolute Gasteiger partial charge is 0.269 e. The Morgan fingerprint density at radius 3 is 2.40 bits per heavy atom. The van der Waals surface area contributed by atoms with Crippen LogP contribution in [0.4, 0.5) is 17.3 Å². The van der Waals surface area contributed by atoms with Crippen LogP contribution in [0.5, 0.6) is 0 Å². The molecule has 2 heterocycles. The normalized spacial score (nSPS) is 14.1. The number of fused-ring (bicyclic) bond motifs is 1. The molecule has 8 heteroatoms. The van der Waals surface area contributed by atoms with Crippen LogP contribution in [-0.4, -0.2) is 33.9 Å². The Morgan fingerprint density at radius 1 is 1.00 bits per heavy atom. The fourth-order valence-corrected chi connectivity index (χ4v) is 4.44. The van der Waals surface area contributed by atoms with E-state index in [4.69, 9.17) is 9.97 Å². The van der Waals surface area contributed by atoms with Gasteiger partial charge in [-0.2, -0.15) is 0 Å². The number of carbonyl (C=O) groups is 1. The summed E-state index contributed by atoms with van der Waals surface area (Å²) in [6.45, 7) is 3.41. The topological polar surface area (TPSA) is 101 Å². The molecule has 0 radical (unpaired) electrons. The van der Waals surface area contributed by atoms with Crippen molar-refractivity contribution >= 4 is 34.1 Å². The van der Waals surface area contributed by atoms with Crippen molar-refractivity contribution in [3.05, 3.63) is 88.5 Å². The number of non-ortho nitro benzene ring substituents is 1. The lowest BCUT2D eigenvalue weighted by Gasteiger charge is -2.31. The van der Waals surface area contributed by atoms with Gasteiger partial charge < -0.3 is 10.2 Å². The first-order chi connectivity index (χ1) is 17.0. The quantitative estimate of drug-likeness (QED) is 0.313. The number of aryl methyl sites for hydroxylation is 1. The first-order valence-corrected chi connectivity index (χ1v) is 11.6. The number of rotatable bonds is 5. The third-order valence-electron chi connectivity index (χ3n) is 6.38. The van der Waals surface area contributed by atoms with Gasteiger partial charge >= 0.3 is 0 Å². The van der Waals surface area contributed by atoms with Crippen LogP contribution in [0.25, 0.3) is 22.2 Å². The lowest BCUT2D eigenvalue weighted by Crippen LogP contribution is -2.39. The fraction of sp³-hybridized carbons (Fsp3) is 0.222. The van der Waals surface area contributed by atoms with Gasteiger partial charge in [0.15, 0.2) is 0 Å². The number of piperidine rings is 1. The molecule has 0 aliphatic carbocycles. The largest absolute Gasteiger partial charge is 0.341 e. The number of anilines is 2. The SMILES string of the molecule is Cc1ccc2nc(N3CCC(C(=O)Nc4ccc([N+](=O)[O-])cc4)CC3)nc(-c3ccccc3)c2c1. The summed E-state index contributed by atoms with van der Waals surface area (Å²) in [6, 6.07) is 22.2. The second-order valence-electron chi connectivity index (χ2n) is 8.81. The first kappa shape index (κ1) is 22.5. The first-order valence-electron chi connectivity index (χ1n) is 11.6. The van der Waals surface area contributed by atoms with E-state index in [0.717, 1.165) is 27.7 Å². The van der Waals surface area contributed by atoms with Gasteiger partial charge in [0.2, 0.25) is 11.9 Å². The van der Waals surface area contributed by atoms with Gasteiger partial charge in [0.05, 0.1) is 16.1 Å². The highest BCUT2D eigenvalue weighted by molar-refractivity contribution is 5.94. The van der Waals surface area contributed by atoms with Gasteiger partial charge in [0, 0.05) is 47.8 Å². The summed E-state index contributed by atoms with van der Waals surface area (Å²) in [6.07, 6.45) is 1.35. The Morgan fingerprint density at radius 2 is 1.71 bits per heavy atom. The van der Waals surface area contributed by atoms with Crippen molar-refractivity contribution in [3.63, 3.8) is 0 Å². The second-order valence-corrected chi connectivity index (χ2v) is 8.81. The van der Waals surface area contributed by atoms with Crippen LogP contribution in [0.2, 0.25) is 0 Å². The van der Waals surface area contributed by atoms with Crippen molar-refractivity contribution in [2.45, 2.75) is 19.8 Å². The van der Waals surface area contributed by atoms with Crippen molar-refractivity contribution in [1.82, 2.24) is 9.97 Å². The van der Waals surface area contributed by atoms with E-state index in [1.54, 1.807) is 12.1 Å². The van der Waals surface area contributed by atoms with Gasteiger partial charge in [-0.05, 0) is 44.0 Å². The molecule has 0 unspecified atom stereocenters. The zero-order valence-electron chi connectivity index (χ0n) is 19.3. The van der Waals surface area contributed by atoms with E-state index >= 15 is 0 Å². The Kier molecular flexibility index (Phi) is 6.10. The van der Waals surface area contributed by atoms with Gasteiger partial charge in [-0.15, -0.1) is 0 Å². The average Bonchev–Trinajstić information content (AvgIpc) is 2.89. The molecular formula is C27H25N5O3. The van der Waals surface area contributed by atoms with E-state index in [-0.39, 0.29) is 17.5 Å². The van der Waals surface area contributed by atoms with Gasteiger partial charge in [-0.3, -0.25) is 14.9 Å². The summed E-state index contributed by atoms with van der Waals surface area (Å²) in [5, 5.41) is 14.7. The minimum Gasteiger partial charge on any atom is -0.341 e. The summed E-state index contributed by atoms with van der Waals surface area (Å²) < 4.78 is 0. The molecule has 0 atom stereocenters.